The highest BCUT2D eigenvalue weighted by molar-refractivity contribution is 9.10. The van der Waals surface area contributed by atoms with Crippen LogP contribution in [0.2, 0.25) is 0 Å². The van der Waals surface area contributed by atoms with Crippen LogP contribution in [-0.2, 0) is 11.3 Å². The Hall–Kier alpha value is -1.88. The van der Waals surface area contributed by atoms with Crippen molar-refractivity contribution >= 4 is 27.6 Å². The summed E-state index contributed by atoms with van der Waals surface area (Å²) < 4.78 is 6.10. The summed E-state index contributed by atoms with van der Waals surface area (Å²) in [6, 6.07) is 11.1. The molecular formula is C16H17BrN2O2. The molecule has 1 N–H and O–H groups in total. The maximum absolute atomic E-state index is 11.7. The van der Waals surface area contributed by atoms with Crippen molar-refractivity contribution in [3.63, 3.8) is 0 Å². The maximum Gasteiger partial charge on any atom is 0.338 e. The number of aromatic nitrogens is 1. The Morgan fingerprint density at radius 1 is 1.24 bits per heavy atom. The highest BCUT2D eigenvalue weighted by Gasteiger charge is 2.08. The standard InChI is InChI=1S/C16H17BrN2O2/c1-11(2)21-16(20)12-3-6-14(7-4-12)19-10-15-8-5-13(17)9-18-15/h3-9,11,19H,10H2,1-2H3. The second-order valence-corrected chi connectivity index (χ2v) is 5.77. The minimum absolute atomic E-state index is 0.112. The van der Waals surface area contributed by atoms with Crippen molar-refractivity contribution in [2.45, 2.75) is 26.5 Å². The first kappa shape index (κ1) is 15.5. The lowest BCUT2D eigenvalue weighted by atomic mass is 10.2. The SMILES string of the molecule is CC(C)OC(=O)c1ccc(NCc2ccc(Br)cn2)cc1. The van der Waals surface area contributed by atoms with E-state index in [1.807, 2.05) is 38.1 Å². The quantitative estimate of drug-likeness (QED) is 0.829. The van der Waals surface area contributed by atoms with E-state index in [-0.39, 0.29) is 12.1 Å². The molecule has 0 saturated heterocycles. The number of halogens is 1. The third-order valence-corrected chi connectivity index (χ3v) is 3.19. The Morgan fingerprint density at radius 3 is 2.52 bits per heavy atom. The number of anilines is 1. The van der Waals surface area contributed by atoms with Crippen LogP contribution >= 0.6 is 15.9 Å². The fourth-order valence-electron chi connectivity index (χ4n) is 1.71. The molecule has 0 spiro atoms. The van der Waals surface area contributed by atoms with Gasteiger partial charge in [0.25, 0.3) is 0 Å². The molecule has 0 aliphatic carbocycles. The molecule has 0 bridgehead atoms. The van der Waals surface area contributed by atoms with Crippen molar-refractivity contribution in [3.8, 4) is 0 Å². The first-order valence-electron chi connectivity index (χ1n) is 6.70. The summed E-state index contributed by atoms with van der Waals surface area (Å²) in [5, 5.41) is 3.26. The number of ether oxygens (including phenoxy) is 1. The van der Waals surface area contributed by atoms with Crippen LogP contribution in [-0.4, -0.2) is 17.1 Å². The molecule has 0 radical (unpaired) electrons. The van der Waals surface area contributed by atoms with Crippen molar-refractivity contribution in [1.29, 1.82) is 0 Å². The van der Waals surface area contributed by atoms with Crippen LogP contribution in [0.15, 0.2) is 47.1 Å². The van der Waals surface area contributed by atoms with Gasteiger partial charge in [-0.25, -0.2) is 4.79 Å². The van der Waals surface area contributed by atoms with E-state index in [4.69, 9.17) is 4.74 Å². The predicted molar refractivity (Wildman–Crippen MR) is 86.3 cm³/mol. The monoisotopic (exact) mass is 348 g/mol. The van der Waals surface area contributed by atoms with Gasteiger partial charge in [0, 0.05) is 16.4 Å². The Morgan fingerprint density at radius 2 is 1.95 bits per heavy atom. The highest BCUT2D eigenvalue weighted by atomic mass is 79.9. The topological polar surface area (TPSA) is 51.2 Å². The van der Waals surface area contributed by atoms with Gasteiger partial charge in [0.1, 0.15) is 0 Å². The van der Waals surface area contributed by atoms with E-state index >= 15 is 0 Å². The van der Waals surface area contributed by atoms with E-state index in [1.165, 1.54) is 0 Å². The Labute approximate surface area is 132 Å². The molecule has 0 aliphatic heterocycles. The minimum atomic E-state index is -0.300. The molecule has 1 aromatic heterocycles. The number of carbonyl (C=O) groups excluding carboxylic acids is 1. The number of nitrogens with one attached hydrogen (secondary N) is 1. The maximum atomic E-state index is 11.7. The van der Waals surface area contributed by atoms with Gasteiger partial charge in [-0.05, 0) is 66.2 Å². The molecule has 1 aromatic carbocycles. The fraction of sp³-hybridized carbons (Fsp3) is 0.250. The molecule has 2 rings (SSSR count). The summed E-state index contributed by atoms with van der Waals surface area (Å²) in [5.41, 5.74) is 2.43. The summed E-state index contributed by atoms with van der Waals surface area (Å²) in [4.78, 5) is 16.0. The zero-order valence-electron chi connectivity index (χ0n) is 12.0. The van der Waals surface area contributed by atoms with Crippen molar-refractivity contribution < 1.29 is 9.53 Å². The normalized spacial score (nSPS) is 10.5. The number of carbonyl (C=O) groups is 1. The third kappa shape index (κ3) is 4.86. The largest absolute Gasteiger partial charge is 0.459 e. The van der Waals surface area contributed by atoms with E-state index < -0.39 is 0 Å². The lowest BCUT2D eigenvalue weighted by Crippen LogP contribution is -2.11. The molecular weight excluding hydrogens is 332 g/mol. The minimum Gasteiger partial charge on any atom is -0.459 e. The number of esters is 1. The lowest BCUT2D eigenvalue weighted by molar-refractivity contribution is 0.0378. The van der Waals surface area contributed by atoms with Gasteiger partial charge >= 0.3 is 5.97 Å². The van der Waals surface area contributed by atoms with Crippen molar-refractivity contribution in [1.82, 2.24) is 4.98 Å². The molecule has 21 heavy (non-hydrogen) atoms. The average Bonchev–Trinajstić information content (AvgIpc) is 2.46. The van der Waals surface area contributed by atoms with Crippen LogP contribution in [0.1, 0.15) is 29.9 Å². The van der Waals surface area contributed by atoms with Crippen molar-refractivity contribution in [2.75, 3.05) is 5.32 Å². The smallest absolute Gasteiger partial charge is 0.338 e. The van der Waals surface area contributed by atoms with E-state index in [1.54, 1.807) is 18.3 Å². The molecule has 0 unspecified atom stereocenters. The van der Waals surface area contributed by atoms with Gasteiger partial charge in [-0.15, -0.1) is 0 Å². The van der Waals surface area contributed by atoms with Crippen LogP contribution in [0.4, 0.5) is 5.69 Å². The molecule has 0 saturated carbocycles. The predicted octanol–water partition coefficient (Wildman–Crippen LogP) is 4.02. The van der Waals surface area contributed by atoms with Gasteiger partial charge in [-0.3, -0.25) is 4.98 Å². The van der Waals surface area contributed by atoms with Gasteiger partial charge in [0.05, 0.1) is 23.9 Å². The molecule has 110 valence electrons. The second kappa shape index (κ2) is 7.22. The van der Waals surface area contributed by atoms with Gasteiger partial charge in [0.2, 0.25) is 0 Å². The Kier molecular flexibility index (Phi) is 5.33. The van der Waals surface area contributed by atoms with Crippen LogP contribution in [0.25, 0.3) is 0 Å². The van der Waals surface area contributed by atoms with E-state index in [9.17, 15) is 4.79 Å². The van der Waals surface area contributed by atoms with Crippen molar-refractivity contribution in [3.05, 3.63) is 58.3 Å². The molecule has 2 aromatic rings. The summed E-state index contributed by atoms with van der Waals surface area (Å²) >= 11 is 3.35. The molecule has 0 amide bonds. The number of nitrogens with zero attached hydrogens (tertiary/aromatic N) is 1. The van der Waals surface area contributed by atoms with Crippen LogP contribution in [0.3, 0.4) is 0 Å². The van der Waals surface area contributed by atoms with E-state index in [0.29, 0.717) is 12.1 Å². The Bertz CT molecular complexity index is 595. The molecule has 4 nitrogen and oxygen atoms in total. The summed E-state index contributed by atoms with van der Waals surface area (Å²) in [7, 11) is 0. The van der Waals surface area contributed by atoms with Crippen LogP contribution < -0.4 is 5.32 Å². The van der Waals surface area contributed by atoms with Gasteiger partial charge in [-0.1, -0.05) is 0 Å². The zero-order valence-corrected chi connectivity index (χ0v) is 13.6. The van der Waals surface area contributed by atoms with Gasteiger partial charge in [-0.2, -0.15) is 0 Å². The third-order valence-electron chi connectivity index (χ3n) is 2.73. The molecule has 5 heteroatoms. The lowest BCUT2D eigenvalue weighted by Gasteiger charge is -2.09. The van der Waals surface area contributed by atoms with E-state index in [2.05, 4.69) is 26.2 Å². The Balaban J connectivity index is 1.93. The highest BCUT2D eigenvalue weighted by Crippen LogP contribution is 2.13. The molecule has 0 aliphatic rings. The van der Waals surface area contributed by atoms with E-state index in [0.717, 1.165) is 15.9 Å². The van der Waals surface area contributed by atoms with Crippen molar-refractivity contribution in [2.24, 2.45) is 0 Å². The van der Waals surface area contributed by atoms with Crippen LogP contribution in [0, 0.1) is 0 Å². The second-order valence-electron chi connectivity index (χ2n) is 4.85. The summed E-state index contributed by atoms with van der Waals surface area (Å²) in [6.07, 6.45) is 1.65. The zero-order chi connectivity index (χ0) is 15.2. The summed E-state index contributed by atoms with van der Waals surface area (Å²) in [5.74, 6) is -0.300. The van der Waals surface area contributed by atoms with Crippen LogP contribution in [0.5, 0.6) is 0 Å². The summed E-state index contributed by atoms with van der Waals surface area (Å²) in [6.45, 7) is 4.29. The first-order chi connectivity index (χ1) is 10.0. The number of pyridine rings is 1. The number of hydrogen-bond acceptors (Lipinski definition) is 4. The van der Waals surface area contributed by atoms with Gasteiger partial charge in [0.15, 0.2) is 0 Å². The van der Waals surface area contributed by atoms with Gasteiger partial charge < -0.3 is 10.1 Å². The fourth-order valence-corrected chi connectivity index (χ4v) is 1.94. The number of rotatable bonds is 5. The number of hydrogen-bond donors (Lipinski definition) is 1. The molecule has 0 fully saturated rings. The number of benzene rings is 1. The molecule has 1 heterocycles. The molecule has 0 atom stereocenters. The first-order valence-corrected chi connectivity index (χ1v) is 7.49. The average molecular weight is 349 g/mol.